The van der Waals surface area contributed by atoms with Crippen molar-refractivity contribution in [2.24, 2.45) is 4.99 Å². The monoisotopic (exact) mass is 197 g/mol. The molecule has 0 aliphatic carbocycles. The Bertz CT molecular complexity index is 423. The van der Waals surface area contributed by atoms with Crippen LogP contribution in [0.4, 0.5) is 0 Å². The minimum absolute atomic E-state index is 0.595. The van der Waals surface area contributed by atoms with Crippen LogP contribution >= 0.6 is 0 Å². The lowest BCUT2D eigenvalue weighted by molar-refractivity contribution is 0.968. The molecule has 0 N–H and O–H groups in total. The van der Waals surface area contributed by atoms with Crippen LogP contribution in [0, 0.1) is 0 Å². The molecular formula is C12H11N3. The summed E-state index contributed by atoms with van der Waals surface area (Å²) in [6.07, 6.45) is 5.11. The fraction of sp³-hybridized carbons (Fsp3) is 0.0833. The first-order valence-corrected chi connectivity index (χ1v) is 4.75. The molecule has 0 saturated carbocycles. The van der Waals surface area contributed by atoms with Crippen molar-refractivity contribution in [1.29, 1.82) is 0 Å². The summed E-state index contributed by atoms with van der Waals surface area (Å²) in [5.41, 5.74) is 2.03. The van der Waals surface area contributed by atoms with E-state index in [9.17, 15) is 0 Å². The third-order valence-corrected chi connectivity index (χ3v) is 1.94. The van der Waals surface area contributed by atoms with Crippen LogP contribution in [0.2, 0.25) is 0 Å². The normalized spacial score (nSPS) is 10.7. The van der Waals surface area contributed by atoms with Gasteiger partial charge in [-0.25, -0.2) is 9.97 Å². The van der Waals surface area contributed by atoms with E-state index in [1.54, 1.807) is 6.20 Å². The third kappa shape index (κ3) is 2.98. The predicted molar refractivity (Wildman–Crippen MR) is 59.8 cm³/mol. The van der Waals surface area contributed by atoms with Gasteiger partial charge in [-0.15, -0.1) is 0 Å². The standard InChI is InChI=1S/C12H11N3/c1-2-4-11(5-3-1)8-14-9-12-6-7-13-10-15-12/h1-8,10H,9H2/b14-8+. The molecule has 0 aliphatic heterocycles. The van der Waals surface area contributed by atoms with Crippen molar-refractivity contribution in [3.63, 3.8) is 0 Å². The van der Waals surface area contributed by atoms with E-state index in [0.29, 0.717) is 6.54 Å². The van der Waals surface area contributed by atoms with Crippen molar-refractivity contribution in [2.45, 2.75) is 6.54 Å². The van der Waals surface area contributed by atoms with E-state index in [0.717, 1.165) is 11.3 Å². The number of hydrogen-bond donors (Lipinski definition) is 0. The lowest BCUT2D eigenvalue weighted by atomic mass is 10.2. The maximum atomic E-state index is 4.30. The largest absolute Gasteiger partial charge is 0.286 e. The molecule has 2 aromatic rings. The summed E-state index contributed by atoms with van der Waals surface area (Å²) in [5.74, 6) is 0. The zero-order valence-corrected chi connectivity index (χ0v) is 8.24. The number of aliphatic imine (C=N–C) groups is 1. The number of hydrogen-bond acceptors (Lipinski definition) is 3. The molecule has 0 saturated heterocycles. The SMILES string of the molecule is C(=N\Cc1ccncn1)/c1ccccc1. The van der Waals surface area contributed by atoms with Crippen molar-refractivity contribution in [3.8, 4) is 0 Å². The lowest BCUT2D eigenvalue weighted by Gasteiger charge is -1.93. The van der Waals surface area contributed by atoms with E-state index in [2.05, 4.69) is 15.0 Å². The first-order chi connectivity index (χ1) is 7.45. The second kappa shape index (κ2) is 5.00. The lowest BCUT2D eigenvalue weighted by Crippen LogP contribution is -1.88. The van der Waals surface area contributed by atoms with E-state index in [-0.39, 0.29) is 0 Å². The maximum Gasteiger partial charge on any atom is 0.115 e. The smallest absolute Gasteiger partial charge is 0.115 e. The highest BCUT2D eigenvalue weighted by molar-refractivity contribution is 5.79. The van der Waals surface area contributed by atoms with Gasteiger partial charge in [-0.2, -0.15) is 0 Å². The topological polar surface area (TPSA) is 38.1 Å². The number of benzene rings is 1. The summed E-state index contributed by atoms with van der Waals surface area (Å²) in [7, 11) is 0. The summed E-state index contributed by atoms with van der Waals surface area (Å²) < 4.78 is 0. The van der Waals surface area contributed by atoms with Crippen LogP contribution in [-0.4, -0.2) is 16.2 Å². The van der Waals surface area contributed by atoms with Gasteiger partial charge in [0.25, 0.3) is 0 Å². The molecule has 74 valence electrons. The van der Waals surface area contributed by atoms with Gasteiger partial charge >= 0.3 is 0 Å². The molecule has 0 amide bonds. The molecular weight excluding hydrogens is 186 g/mol. The first-order valence-electron chi connectivity index (χ1n) is 4.75. The van der Waals surface area contributed by atoms with Crippen LogP contribution in [0.1, 0.15) is 11.3 Å². The molecule has 0 spiro atoms. The fourth-order valence-electron chi connectivity index (χ4n) is 1.20. The van der Waals surface area contributed by atoms with Gasteiger partial charge < -0.3 is 0 Å². The molecule has 1 aromatic carbocycles. The summed E-state index contributed by atoms with van der Waals surface area (Å²) in [6, 6.07) is 11.9. The summed E-state index contributed by atoms with van der Waals surface area (Å²) in [4.78, 5) is 12.2. The van der Waals surface area contributed by atoms with E-state index < -0.39 is 0 Å². The van der Waals surface area contributed by atoms with E-state index in [1.165, 1.54) is 6.33 Å². The number of aromatic nitrogens is 2. The average molecular weight is 197 g/mol. The molecule has 0 unspecified atom stereocenters. The van der Waals surface area contributed by atoms with Crippen LogP contribution in [-0.2, 0) is 6.54 Å². The third-order valence-electron chi connectivity index (χ3n) is 1.94. The van der Waals surface area contributed by atoms with E-state index in [1.807, 2.05) is 42.6 Å². The van der Waals surface area contributed by atoms with Crippen LogP contribution in [0.15, 0.2) is 53.9 Å². The highest BCUT2D eigenvalue weighted by atomic mass is 14.8. The zero-order chi connectivity index (χ0) is 10.3. The zero-order valence-electron chi connectivity index (χ0n) is 8.24. The van der Waals surface area contributed by atoms with Gasteiger partial charge in [-0.05, 0) is 11.6 Å². The Morgan fingerprint density at radius 3 is 2.73 bits per heavy atom. The number of nitrogens with zero attached hydrogens (tertiary/aromatic N) is 3. The van der Waals surface area contributed by atoms with Crippen LogP contribution in [0.25, 0.3) is 0 Å². The maximum absolute atomic E-state index is 4.30. The van der Waals surface area contributed by atoms with E-state index in [4.69, 9.17) is 0 Å². The highest BCUT2D eigenvalue weighted by Gasteiger charge is 1.89. The minimum atomic E-state index is 0.595. The van der Waals surface area contributed by atoms with Crippen LogP contribution in [0.5, 0.6) is 0 Å². The van der Waals surface area contributed by atoms with Crippen molar-refractivity contribution in [3.05, 3.63) is 60.2 Å². The second-order valence-corrected chi connectivity index (χ2v) is 3.08. The molecule has 0 bridgehead atoms. The van der Waals surface area contributed by atoms with Crippen molar-refractivity contribution < 1.29 is 0 Å². The molecule has 2 rings (SSSR count). The van der Waals surface area contributed by atoms with Crippen LogP contribution < -0.4 is 0 Å². The Labute approximate surface area is 88.6 Å². The van der Waals surface area contributed by atoms with Gasteiger partial charge in [0.2, 0.25) is 0 Å². The van der Waals surface area contributed by atoms with Crippen molar-refractivity contribution >= 4 is 6.21 Å². The Kier molecular flexibility index (Phi) is 3.18. The summed E-state index contributed by atoms with van der Waals surface area (Å²) in [6.45, 7) is 0.595. The molecule has 1 heterocycles. The second-order valence-electron chi connectivity index (χ2n) is 3.08. The van der Waals surface area contributed by atoms with Crippen molar-refractivity contribution in [1.82, 2.24) is 9.97 Å². The van der Waals surface area contributed by atoms with E-state index >= 15 is 0 Å². The van der Waals surface area contributed by atoms with Gasteiger partial charge in [-0.1, -0.05) is 30.3 Å². The molecule has 0 fully saturated rings. The Hall–Kier alpha value is -2.03. The van der Waals surface area contributed by atoms with Gasteiger partial charge in [0.05, 0.1) is 12.2 Å². The number of rotatable bonds is 3. The summed E-state index contributed by atoms with van der Waals surface area (Å²) in [5, 5.41) is 0. The van der Waals surface area contributed by atoms with Crippen LogP contribution in [0.3, 0.4) is 0 Å². The Morgan fingerprint density at radius 1 is 1.13 bits per heavy atom. The molecule has 15 heavy (non-hydrogen) atoms. The predicted octanol–water partition coefficient (Wildman–Crippen LogP) is 2.10. The molecule has 0 aliphatic rings. The Balaban J connectivity index is 1.97. The molecule has 0 atom stereocenters. The first kappa shape index (κ1) is 9.52. The van der Waals surface area contributed by atoms with Gasteiger partial charge in [0.15, 0.2) is 0 Å². The van der Waals surface area contributed by atoms with Gasteiger partial charge in [0, 0.05) is 12.4 Å². The molecule has 3 nitrogen and oxygen atoms in total. The summed E-state index contributed by atoms with van der Waals surface area (Å²) >= 11 is 0. The fourth-order valence-corrected chi connectivity index (χ4v) is 1.20. The molecule has 0 radical (unpaired) electrons. The minimum Gasteiger partial charge on any atom is -0.286 e. The quantitative estimate of drug-likeness (QED) is 0.707. The van der Waals surface area contributed by atoms with Gasteiger partial charge in [0.1, 0.15) is 6.33 Å². The Morgan fingerprint density at radius 2 is 2.00 bits per heavy atom. The molecule has 3 heteroatoms. The average Bonchev–Trinajstić information content (AvgIpc) is 2.32. The van der Waals surface area contributed by atoms with Crippen molar-refractivity contribution in [2.75, 3.05) is 0 Å². The van der Waals surface area contributed by atoms with Gasteiger partial charge in [-0.3, -0.25) is 4.99 Å². The molecule has 1 aromatic heterocycles. The highest BCUT2D eigenvalue weighted by Crippen LogP contribution is 1.97.